The van der Waals surface area contributed by atoms with Gasteiger partial charge in [-0.3, -0.25) is 10.0 Å². The van der Waals surface area contributed by atoms with Crippen molar-refractivity contribution in [1.82, 2.24) is 14.9 Å². The lowest BCUT2D eigenvalue weighted by Crippen LogP contribution is -2.51. The summed E-state index contributed by atoms with van der Waals surface area (Å²) in [5.74, 6) is 0.674. The van der Waals surface area contributed by atoms with Crippen molar-refractivity contribution in [3.05, 3.63) is 58.4 Å². The number of ether oxygens (including phenoxy) is 2. The second kappa shape index (κ2) is 10.4. The van der Waals surface area contributed by atoms with Gasteiger partial charge in [0.2, 0.25) is 5.89 Å². The van der Waals surface area contributed by atoms with Crippen LogP contribution in [0, 0.1) is 0 Å². The zero-order valence-electron chi connectivity index (χ0n) is 20.0. The largest absolute Gasteiger partial charge is 0.497 e. The van der Waals surface area contributed by atoms with Crippen LogP contribution in [0.3, 0.4) is 0 Å². The molecule has 2 amide bonds. The fourth-order valence-electron chi connectivity index (χ4n) is 4.31. The van der Waals surface area contributed by atoms with Crippen LogP contribution in [0.25, 0.3) is 22.6 Å². The van der Waals surface area contributed by atoms with Crippen molar-refractivity contribution in [2.45, 2.75) is 18.3 Å². The van der Waals surface area contributed by atoms with Gasteiger partial charge in [-0.15, -0.1) is 0 Å². The Bertz CT molecular complexity index is 1270. The second-order valence-corrected chi connectivity index (χ2v) is 9.26. The van der Waals surface area contributed by atoms with Crippen molar-refractivity contribution in [2.24, 2.45) is 0 Å². The predicted octanol–water partition coefficient (Wildman–Crippen LogP) is 5.27. The molecule has 0 spiro atoms. The van der Waals surface area contributed by atoms with E-state index in [1.165, 1.54) is 19.1 Å². The number of hydrogen-bond donors (Lipinski definition) is 1. The number of aromatic nitrogens is 1. The van der Waals surface area contributed by atoms with Gasteiger partial charge in [-0.1, -0.05) is 23.2 Å². The maximum atomic E-state index is 13.1. The molecule has 3 aromatic rings. The Morgan fingerprint density at radius 3 is 2.33 bits per heavy atom. The van der Waals surface area contributed by atoms with Gasteiger partial charge >= 0.3 is 12.0 Å². The minimum Gasteiger partial charge on any atom is -0.497 e. The Morgan fingerprint density at radius 2 is 1.78 bits per heavy atom. The molecule has 2 aromatic carbocycles. The normalized spacial score (nSPS) is 14.9. The third-order valence-electron chi connectivity index (χ3n) is 6.32. The lowest BCUT2D eigenvalue weighted by atomic mass is 9.78. The number of methoxy groups -OCH3 is 2. The van der Waals surface area contributed by atoms with E-state index in [9.17, 15) is 14.8 Å². The molecule has 2 heterocycles. The Hall–Kier alpha value is -3.27. The van der Waals surface area contributed by atoms with E-state index in [2.05, 4.69) is 0 Å². The fourth-order valence-corrected chi connectivity index (χ4v) is 4.80. The van der Waals surface area contributed by atoms with Crippen molar-refractivity contribution < 1.29 is 28.7 Å². The first-order valence-corrected chi connectivity index (χ1v) is 11.9. The Labute approximate surface area is 218 Å². The summed E-state index contributed by atoms with van der Waals surface area (Å²) >= 11 is 12.6. The molecule has 11 heteroatoms. The first-order chi connectivity index (χ1) is 17.2. The van der Waals surface area contributed by atoms with Gasteiger partial charge in [0.15, 0.2) is 5.76 Å². The smallest absolute Gasteiger partial charge is 0.343 e. The van der Waals surface area contributed by atoms with E-state index in [4.69, 9.17) is 42.1 Å². The number of likely N-dealkylation sites (tertiary alicyclic amines) is 1. The van der Waals surface area contributed by atoms with Gasteiger partial charge in [0.05, 0.1) is 19.2 Å². The number of amides is 2. The molecule has 1 aliphatic rings. The number of oxazole rings is 1. The summed E-state index contributed by atoms with van der Waals surface area (Å²) in [6.07, 6.45) is 0.380. The number of rotatable bonds is 5. The van der Waals surface area contributed by atoms with E-state index in [0.29, 0.717) is 37.9 Å². The molecular weight excluding hydrogens is 509 g/mol. The summed E-state index contributed by atoms with van der Waals surface area (Å²) in [5, 5.41) is 10.9. The molecule has 0 atom stereocenters. The Morgan fingerprint density at radius 1 is 1.11 bits per heavy atom. The van der Waals surface area contributed by atoms with Crippen LogP contribution in [0.1, 0.15) is 18.7 Å². The molecule has 1 fully saturated rings. The van der Waals surface area contributed by atoms with E-state index in [1.54, 1.807) is 37.4 Å². The summed E-state index contributed by atoms with van der Waals surface area (Å²) in [4.78, 5) is 31.6. The Balaban J connectivity index is 1.84. The first kappa shape index (κ1) is 25.8. The summed E-state index contributed by atoms with van der Waals surface area (Å²) in [6.45, 7) is 0.381. The molecule has 1 N–H and O–H groups in total. The molecule has 0 saturated carbocycles. The minimum absolute atomic E-state index is 0.158. The van der Waals surface area contributed by atoms with Crippen LogP contribution in [-0.4, -0.2) is 66.5 Å². The van der Waals surface area contributed by atoms with E-state index >= 15 is 0 Å². The molecule has 0 bridgehead atoms. The average Bonchev–Trinajstić information content (AvgIpc) is 3.33. The topological polar surface area (TPSA) is 105 Å². The number of piperidine rings is 1. The van der Waals surface area contributed by atoms with Crippen LogP contribution in [0.2, 0.25) is 10.0 Å². The van der Waals surface area contributed by atoms with Crippen molar-refractivity contribution in [2.75, 3.05) is 34.4 Å². The molecule has 190 valence electrons. The monoisotopic (exact) mass is 533 g/mol. The number of halogens is 2. The van der Waals surface area contributed by atoms with Crippen LogP contribution in [0.5, 0.6) is 5.75 Å². The average molecular weight is 534 g/mol. The maximum absolute atomic E-state index is 13.1. The van der Waals surface area contributed by atoms with Gasteiger partial charge in [0, 0.05) is 36.3 Å². The van der Waals surface area contributed by atoms with Crippen LogP contribution in [0.15, 0.2) is 46.9 Å². The summed E-state index contributed by atoms with van der Waals surface area (Å²) in [5.41, 5.74) is 0.521. The van der Waals surface area contributed by atoms with E-state index in [0.717, 1.165) is 5.56 Å². The van der Waals surface area contributed by atoms with Crippen LogP contribution < -0.4 is 4.74 Å². The number of carbonyl (C=O) groups is 2. The van der Waals surface area contributed by atoms with Gasteiger partial charge in [0.25, 0.3) is 0 Å². The molecule has 0 radical (unpaired) electrons. The van der Waals surface area contributed by atoms with Gasteiger partial charge in [-0.05, 0) is 55.3 Å². The van der Waals surface area contributed by atoms with Crippen molar-refractivity contribution in [3.63, 3.8) is 0 Å². The number of hydroxylamine groups is 2. The van der Waals surface area contributed by atoms with Gasteiger partial charge < -0.3 is 18.8 Å². The number of benzene rings is 2. The van der Waals surface area contributed by atoms with E-state index < -0.39 is 17.4 Å². The third-order valence-corrected chi connectivity index (χ3v) is 6.86. The highest BCUT2D eigenvalue weighted by molar-refractivity contribution is 6.36. The number of esters is 1. The standard InChI is InChI=1S/C25H25Cl2N3O6/c1-29(33)24(32)30-12-10-25(11-13-30,23(31)35-3)22-28-20(15-4-7-17(34-2)8-5-15)21(36-22)18-9-6-16(26)14-19(18)27/h4-9,14,33H,10-13H2,1-3H3. The summed E-state index contributed by atoms with van der Waals surface area (Å²) in [7, 11) is 4.13. The molecule has 4 rings (SSSR count). The molecule has 36 heavy (non-hydrogen) atoms. The molecule has 1 aromatic heterocycles. The summed E-state index contributed by atoms with van der Waals surface area (Å²) < 4.78 is 16.7. The first-order valence-electron chi connectivity index (χ1n) is 11.1. The van der Waals surface area contributed by atoms with Crippen LogP contribution in [0.4, 0.5) is 4.79 Å². The minimum atomic E-state index is -1.24. The third kappa shape index (κ3) is 4.74. The maximum Gasteiger partial charge on any atom is 0.343 e. The van der Waals surface area contributed by atoms with Crippen molar-refractivity contribution in [1.29, 1.82) is 0 Å². The highest BCUT2D eigenvalue weighted by Crippen LogP contribution is 2.44. The van der Waals surface area contributed by atoms with Crippen LogP contribution >= 0.6 is 23.2 Å². The molecule has 0 aliphatic carbocycles. The fraction of sp³-hybridized carbons (Fsp3) is 0.320. The number of nitrogens with zero attached hydrogens (tertiary/aromatic N) is 3. The highest BCUT2D eigenvalue weighted by atomic mass is 35.5. The Kier molecular flexibility index (Phi) is 7.44. The molecule has 9 nitrogen and oxygen atoms in total. The van der Waals surface area contributed by atoms with Crippen molar-refractivity contribution >= 4 is 35.2 Å². The molecule has 0 unspecified atom stereocenters. The van der Waals surface area contributed by atoms with Crippen molar-refractivity contribution in [3.8, 4) is 28.3 Å². The lowest BCUT2D eigenvalue weighted by molar-refractivity contribution is -0.150. The predicted molar refractivity (Wildman–Crippen MR) is 133 cm³/mol. The molecular formula is C25H25Cl2N3O6. The molecule has 1 aliphatic heterocycles. The highest BCUT2D eigenvalue weighted by Gasteiger charge is 2.49. The van der Waals surface area contributed by atoms with Gasteiger partial charge in [0.1, 0.15) is 16.9 Å². The zero-order chi connectivity index (χ0) is 26.0. The van der Waals surface area contributed by atoms with Gasteiger partial charge in [-0.2, -0.15) is 0 Å². The van der Waals surface area contributed by atoms with E-state index in [-0.39, 0.29) is 31.8 Å². The summed E-state index contributed by atoms with van der Waals surface area (Å²) in [6, 6.07) is 11.7. The number of carbonyl (C=O) groups excluding carboxylic acids is 2. The quantitative estimate of drug-likeness (QED) is 0.270. The number of hydrogen-bond acceptors (Lipinski definition) is 7. The SMILES string of the molecule is COC(=O)C1(c2nc(-c3ccc(OC)cc3)c(-c3ccc(Cl)cc3Cl)o2)CCN(C(=O)N(C)O)CC1. The van der Waals surface area contributed by atoms with Gasteiger partial charge in [-0.25, -0.2) is 14.8 Å². The van der Waals surface area contributed by atoms with E-state index in [1.807, 2.05) is 12.1 Å². The zero-order valence-corrected chi connectivity index (χ0v) is 21.5. The number of urea groups is 1. The second-order valence-electron chi connectivity index (χ2n) is 8.42. The molecule has 1 saturated heterocycles. The van der Waals surface area contributed by atoms with Crippen LogP contribution in [-0.2, 0) is 14.9 Å². The lowest BCUT2D eigenvalue weighted by Gasteiger charge is -2.38.